The van der Waals surface area contributed by atoms with Crippen LogP contribution >= 0.6 is 0 Å². The molecule has 0 spiro atoms. The molecule has 0 aliphatic carbocycles. The third kappa shape index (κ3) is 2.83. The van der Waals surface area contributed by atoms with Crippen LogP contribution < -0.4 is 5.32 Å². The van der Waals surface area contributed by atoms with Crippen molar-refractivity contribution in [3.05, 3.63) is 65.6 Å². The number of hydrogen-bond donors (Lipinski definition) is 1. The number of aryl methyl sites for hydroxylation is 1. The van der Waals surface area contributed by atoms with Gasteiger partial charge in [0.1, 0.15) is 12.4 Å². The van der Waals surface area contributed by atoms with E-state index in [1.165, 1.54) is 6.07 Å². The van der Waals surface area contributed by atoms with Gasteiger partial charge in [-0.2, -0.15) is 5.10 Å². The summed E-state index contributed by atoms with van der Waals surface area (Å²) in [4.78, 5) is 12.1. The lowest BCUT2D eigenvalue weighted by Crippen LogP contribution is -2.27. The number of fused-ring (bicyclic) bond motifs is 1. The molecule has 0 atom stereocenters. The molecule has 1 heterocycles. The number of halogens is 1. The van der Waals surface area contributed by atoms with Crippen LogP contribution in [0.4, 0.5) is 4.39 Å². The van der Waals surface area contributed by atoms with Crippen LogP contribution in [0, 0.1) is 12.7 Å². The molecule has 0 saturated heterocycles. The number of nitrogens with zero attached hydrogens (tertiary/aromatic N) is 2. The third-order valence-electron chi connectivity index (χ3n) is 3.57. The van der Waals surface area contributed by atoms with Gasteiger partial charge in [-0.3, -0.25) is 9.48 Å². The second-order valence-electron chi connectivity index (χ2n) is 5.13. The van der Waals surface area contributed by atoms with Crippen LogP contribution in [0.15, 0.2) is 48.5 Å². The van der Waals surface area contributed by atoms with Crippen molar-refractivity contribution < 1.29 is 9.18 Å². The van der Waals surface area contributed by atoms with Gasteiger partial charge in [0, 0.05) is 17.5 Å². The second-order valence-corrected chi connectivity index (χ2v) is 5.13. The number of para-hydroxylation sites is 1. The minimum Gasteiger partial charge on any atom is -0.350 e. The Hall–Kier alpha value is -2.69. The van der Waals surface area contributed by atoms with Crippen molar-refractivity contribution in [1.82, 2.24) is 15.1 Å². The zero-order valence-electron chi connectivity index (χ0n) is 12.2. The first-order valence-corrected chi connectivity index (χ1v) is 7.07. The molecule has 2 aromatic carbocycles. The Balaban J connectivity index is 1.70. The number of benzene rings is 2. The van der Waals surface area contributed by atoms with Crippen LogP contribution in [-0.2, 0) is 17.9 Å². The Morgan fingerprint density at radius 3 is 2.73 bits per heavy atom. The van der Waals surface area contributed by atoms with Crippen molar-refractivity contribution in [2.24, 2.45) is 0 Å². The Morgan fingerprint density at radius 2 is 1.91 bits per heavy atom. The Labute approximate surface area is 127 Å². The van der Waals surface area contributed by atoms with Crippen LogP contribution in [0.2, 0.25) is 0 Å². The first kappa shape index (κ1) is 14.3. The number of carbonyl (C=O) groups excluding carboxylic acids is 1. The van der Waals surface area contributed by atoms with Gasteiger partial charge in [0.25, 0.3) is 0 Å². The number of amides is 1. The van der Waals surface area contributed by atoms with E-state index in [1.807, 2.05) is 31.2 Å². The van der Waals surface area contributed by atoms with Gasteiger partial charge >= 0.3 is 0 Å². The topological polar surface area (TPSA) is 46.9 Å². The number of hydrogen-bond acceptors (Lipinski definition) is 2. The fourth-order valence-electron chi connectivity index (χ4n) is 2.44. The highest BCUT2D eigenvalue weighted by atomic mass is 19.1. The predicted molar refractivity (Wildman–Crippen MR) is 82.7 cm³/mol. The zero-order valence-corrected chi connectivity index (χ0v) is 12.2. The summed E-state index contributed by atoms with van der Waals surface area (Å²) in [6, 6.07) is 14.2. The summed E-state index contributed by atoms with van der Waals surface area (Å²) in [6.45, 7) is 2.20. The highest BCUT2D eigenvalue weighted by molar-refractivity contribution is 5.84. The van der Waals surface area contributed by atoms with E-state index in [9.17, 15) is 9.18 Å². The van der Waals surface area contributed by atoms with Crippen LogP contribution in [-0.4, -0.2) is 15.7 Å². The monoisotopic (exact) mass is 297 g/mol. The molecule has 5 heteroatoms. The first-order chi connectivity index (χ1) is 10.6. The normalized spacial score (nSPS) is 10.8. The van der Waals surface area contributed by atoms with Crippen LogP contribution in [0.25, 0.3) is 10.9 Å². The summed E-state index contributed by atoms with van der Waals surface area (Å²) in [5.74, 6) is -0.514. The number of aromatic nitrogens is 2. The lowest BCUT2D eigenvalue weighted by molar-refractivity contribution is -0.121. The first-order valence-electron chi connectivity index (χ1n) is 7.07. The molecule has 0 unspecified atom stereocenters. The third-order valence-corrected chi connectivity index (χ3v) is 3.57. The fourth-order valence-corrected chi connectivity index (χ4v) is 2.44. The van der Waals surface area contributed by atoms with Crippen molar-refractivity contribution in [3.8, 4) is 0 Å². The maximum Gasteiger partial charge on any atom is 0.242 e. The van der Waals surface area contributed by atoms with Crippen molar-refractivity contribution >= 4 is 16.8 Å². The van der Waals surface area contributed by atoms with Gasteiger partial charge in [-0.1, -0.05) is 36.4 Å². The van der Waals surface area contributed by atoms with Crippen LogP contribution in [0.3, 0.4) is 0 Å². The molecule has 1 amide bonds. The minimum atomic E-state index is -0.316. The average Bonchev–Trinajstić information content (AvgIpc) is 2.83. The van der Waals surface area contributed by atoms with E-state index in [2.05, 4.69) is 10.4 Å². The van der Waals surface area contributed by atoms with Crippen LogP contribution in [0.5, 0.6) is 0 Å². The van der Waals surface area contributed by atoms with Crippen molar-refractivity contribution in [3.63, 3.8) is 0 Å². The van der Waals surface area contributed by atoms with Gasteiger partial charge in [-0.05, 0) is 19.1 Å². The van der Waals surface area contributed by atoms with E-state index in [1.54, 1.807) is 22.9 Å². The highest BCUT2D eigenvalue weighted by Crippen LogP contribution is 2.17. The molecular formula is C17H16FN3O. The van der Waals surface area contributed by atoms with Gasteiger partial charge < -0.3 is 5.32 Å². The van der Waals surface area contributed by atoms with Crippen molar-refractivity contribution in [2.45, 2.75) is 20.0 Å². The quantitative estimate of drug-likeness (QED) is 0.805. The second kappa shape index (κ2) is 5.97. The summed E-state index contributed by atoms with van der Waals surface area (Å²) in [6.07, 6.45) is 0. The highest BCUT2D eigenvalue weighted by Gasteiger charge is 2.10. The number of nitrogens with one attached hydrogen (secondary N) is 1. The Bertz CT molecular complexity index is 826. The summed E-state index contributed by atoms with van der Waals surface area (Å²) in [7, 11) is 0. The number of carbonyl (C=O) groups is 1. The molecule has 0 saturated carbocycles. The van der Waals surface area contributed by atoms with E-state index >= 15 is 0 Å². The van der Waals surface area contributed by atoms with E-state index in [0.29, 0.717) is 5.56 Å². The minimum absolute atomic E-state index is 0.114. The molecule has 4 nitrogen and oxygen atoms in total. The molecule has 0 radical (unpaired) electrons. The zero-order chi connectivity index (χ0) is 15.5. The smallest absolute Gasteiger partial charge is 0.242 e. The summed E-state index contributed by atoms with van der Waals surface area (Å²) < 4.78 is 15.2. The maximum atomic E-state index is 13.5. The van der Waals surface area contributed by atoms with E-state index < -0.39 is 0 Å². The SMILES string of the molecule is Cc1nn(CC(=O)NCc2ccccc2F)c2ccccc12. The Kier molecular flexibility index (Phi) is 3.87. The summed E-state index contributed by atoms with van der Waals surface area (Å²) >= 11 is 0. The standard InChI is InChI=1S/C17H16FN3O/c1-12-14-7-3-5-9-16(14)21(20-12)11-17(22)19-10-13-6-2-4-8-15(13)18/h2-9H,10-11H2,1H3,(H,19,22). The summed E-state index contributed by atoms with van der Waals surface area (Å²) in [5, 5.41) is 8.14. The molecule has 0 bridgehead atoms. The summed E-state index contributed by atoms with van der Waals surface area (Å²) in [5.41, 5.74) is 2.27. The molecule has 0 fully saturated rings. The average molecular weight is 297 g/mol. The van der Waals surface area contributed by atoms with Crippen molar-refractivity contribution in [1.29, 1.82) is 0 Å². The lowest BCUT2D eigenvalue weighted by atomic mass is 10.2. The Morgan fingerprint density at radius 1 is 1.18 bits per heavy atom. The molecular weight excluding hydrogens is 281 g/mol. The molecule has 0 aliphatic rings. The van der Waals surface area contributed by atoms with Gasteiger partial charge in [0.05, 0.1) is 11.2 Å². The van der Waals surface area contributed by atoms with Gasteiger partial charge in [0.2, 0.25) is 5.91 Å². The van der Waals surface area contributed by atoms with Gasteiger partial charge in [0.15, 0.2) is 0 Å². The van der Waals surface area contributed by atoms with Crippen LogP contribution in [0.1, 0.15) is 11.3 Å². The van der Waals surface area contributed by atoms with E-state index in [0.717, 1.165) is 16.6 Å². The number of rotatable bonds is 4. The van der Waals surface area contributed by atoms with Crippen molar-refractivity contribution in [2.75, 3.05) is 0 Å². The molecule has 1 aromatic heterocycles. The maximum absolute atomic E-state index is 13.5. The molecule has 1 N–H and O–H groups in total. The van der Waals surface area contributed by atoms with Gasteiger partial charge in [-0.25, -0.2) is 4.39 Å². The largest absolute Gasteiger partial charge is 0.350 e. The molecule has 3 rings (SSSR count). The lowest BCUT2D eigenvalue weighted by Gasteiger charge is -2.07. The van der Waals surface area contributed by atoms with Gasteiger partial charge in [-0.15, -0.1) is 0 Å². The van der Waals surface area contributed by atoms with E-state index in [-0.39, 0.29) is 24.8 Å². The molecule has 3 aromatic rings. The molecule has 22 heavy (non-hydrogen) atoms. The fraction of sp³-hybridized carbons (Fsp3) is 0.176. The molecule has 112 valence electrons. The van der Waals surface area contributed by atoms with E-state index in [4.69, 9.17) is 0 Å². The predicted octanol–water partition coefficient (Wildman–Crippen LogP) is 2.80. The molecule has 0 aliphatic heterocycles.